The Morgan fingerprint density at radius 1 is 1.21 bits per heavy atom. The monoisotopic (exact) mass is 418 g/mol. The molecule has 0 radical (unpaired) electrons. The summed E-state index contributed by atoms with van der Waals surface area (Å²) in [5.41, 5.74) is 5.98. The first-order valence-corrected chi connectivity index (χ1v) is 9.88. The van der Waals surface area contributed by atoms with Crippen molar-refractivity contribution in [1.82, 2.24) is 4.90 Å². The van der Waals surface area contributed by atoms with E-state index in [4.69, 9.17) is 22.1 Å². The van der Waals surface area contributed by atoms with Gasteiger partial charge >= 0.3 is 0 Å². The fourth-order valence-corrected chi connectivity index (χ4v) is 3.79. The van der Waals surface area contributed by atoms with E-state index in [2.05, 4.69) is 0 Å². The molecule has 0 bridgehead atoms. The average molecular weight is 419 g/mol. The quantitative estimate of drug-likeness (QED) is 0.771. The van der Waals surface area contributed by atoms with Crippen LogP contribution in [0.25, 0.3) is 0 Å². The zero-order valence-electron chi connectivity index (χ0n) is 16.3. The molecule has 0 aromatic heterocycles. The summed E-state index contributed by atoms with van der Waals surface area (Å²) in [5, 5.41) is 0.657. The van der Waals surface area contributed by atoms with Gasteiger partial charge in [-0.05, 0) is 55.7 Å². The molecule has 0 spiro atoms. The zero-order valence-corrected chi connectivity index (χ0v) is 17.0. The number of carbonyl (C=O) groups excluding carboxylic acids is 2. The molecular formula is C22H24ClFN2O3. The maximum atomic E-state index is 14.0. The van der Waals surface area contributed by atoms with Crippen molar-refractivity contribution in [3.63, 3.8) is 0 Å². The lowest BCUT2D eigenvalue weighted by Gasteiger charge is -2.41. The van der Waals surface area contributed by atoms with Crippen LogP contribution in [0.5, 0.6) is 5.75 Å². The van der Waals surface area contributed by atoms with Crippen molar-refractivity contribution in [2.24, 2.45) is 11.1 Å². The van der Waals surface area contributed by atoms with Gasteiger partial charge in [0.15, 0.2) is 0 Å². The molecule has 0 atom stereocenters. The standard InChI is InChI=1S/C22H24ClFN2O3/c1-15-12-16(6-7-18(15)23)29-14-22(13-20(25)27)8-10-26(11-9-22)21(28)17-4-2-3-5-19(17)24/h2-7,12H,8-11,13-14H2,1H3,(H2,25,27). The van der Waals surface area contributed by atoms with Crippen LogP contribution in [-0.4, -0.2) is 36.4 Å². The van der Waals surface area contributed by atoms with Crippen molar-refractivity contribution in [3.8, 4) is 5.75 Å². The van der Waals surface area contributed by atoms with Gasteiger partial charge < -0.3 is 15.4 Å². The molecule has 2 aromatic rings. The second-order valence-corrected chi connectivity index (χ2v) is 8.02. The van der Waals surface area contributed by atoms with Crippen LogP contribution in [0.3, 0.4) is 0 Å². The Morgan fingerprint density at radius 2 is 1.90 bits per heavy atom. The zero-order chi connectivity index (χ0) is 21.0. The van der Waals surface area contributed by atoms with Crippen LogP contribution in [0.15, 0.2) is 42.5 Å². The van der Waals surface area contributed by atoms with E-state index in [1.54, 1.807) is 29.2 Å². The molecule has 1 fully saturated rings. The van der Waals surface area contributed by atoms with E-state index in [0.29, 0.717) is 43.3 Å². The minimum Gasteiger partial charge on any atom is -0.493 e. The van der Waals surface area contributed by atoms with E-state index in [1.165, 1.54) is 12.1 Å². The highest BCUT2D eigenvalue weighted by molar-refractivity contribution is 6.31. The lowest BCUT2D eigenvalue weighted by atomic mass is 9.76. The Balaban J connectivity index is 1.68. The Kier molecular flexibility index (Phi) is 6.42. The summed E-state index contributed by atoms with van der Waals surface area (Å²) >= 11 is 6.05. The molecule has 2 aromatic carbocycles. The number of amides is 2. The van der Waals surface area contributed by atoms with E-state index in [-0.39, 0.29) is 17.9 Å². The van der Waals surface area contributed by atoms with Crippen LogP contribution in [0.2, 0.25) is 5.02 Å². The third kappa shape index (κ3) is 5.07. The molecule has 0 aliphatic carbocycles. The Bertz CT molecular complexity index is 911. The number of nitrogens with two attached hydrogens (primary N) is 1. The maximum absolute atomic E-state index is 14.0. The molecule has 1 aliphatic rings. The van der Waals surface area contributed by atoms with Gasteiger partial charge in [0.2, 0.25) is 5.91 Å². The molecule has 0 unspecified atom stereocenters. The summed E-state index contributed by atoms with van der Waals surface area (Å²) < 4.78 is 19.9. The summed E-state index contributed by atoms with van der Waals surface area (Å²) in [5.74, 6) is -0.617. The van der Waals surface area contributed by atoms with E-state index < -0.39 is 17.1 Å². The topological polar surface area (TPSA) is 72.6 Å². The van der Waals surface area contributed by atoms with Crippen LogP contribution >= 0.6 is 11.6 Å². The SMILES string of the molecule is Cc1cc(OCC2(CC(N)=O)CCN(C(=O)c3ccccc3F)CC2)ccc1Cl. The van der Waals surface area contributed by atoms with E-state index >= 15 is 0 Å². The number of nitrogens with zero attached hydrogens (tertiary/aromatic N) is 1. The number of benzene rings is 2. The highest BCUT2D eigenvalue weighted by Crippen LogP contribution is 2.36. The summed E-state index contributed by atoms with van der Waals surface area (Å²) in [7, 11) is 0. The van der Waals surface area contributed by atoms with Gasteiger partial charge in [-0.25, -0.2) is 4.39 Å². The summed E-state index contributed by atoms with van der Waals surface area (Å²) in [6.45, 7) is 3.01. The average Bonchev–Trinajstić information content (AvgIpc) is 2.69. The molecule has 154 valence electrons. The van der Waals surface area contributed by atoms with Gasteiger partial charge in [-0.1, -0.05) is 23.7 Å². The number of primary amides is 1. The van der Waals surface area contributed by atoms with E-state index in [0.717, 1.165) is 5.56 Å². The first-order chi connectivity index (χ1) is 13.8. The highest BCUT2D eigenvalue weighted by atomic mass is 35.5. The smallest absolute Gasteiger partial charge is 0.256 e. The molecule has 0 saturated carbocycles. The first-order valence-electron chi connectivity index (χ1n) is 9.51. The van der Waals surface area contributed by atoms with Crippen LogP contribution in [0, 0.1) is 18.2 Å². The molecule has 3 rings (SSSR count). The Labute approximate surface area is 174 Å². The summed E-state index contributed by atoms with van der Waals surface area (Å²) in [6.07, 6.45) is 1.26. The van der Waals surface area contributed by atoms with Gasteiger partial charge in [0, 0.05) is 29.9 Å². The number of hydrogen-bond donors (Lipinski definition) is 1. The molecule has 7 heteroatoms. The minimum atomic E-state index is -0.534. The molecule has 2 amide bonds. The predicted molar refractivity (Wildman–Crippen MR) is 109 cm³/mol. The van der Waals surface area contributed by atoms with Gasteiger partial charge in [0.25, 0.3) is 5.91 Å². The van der Waals surface area contributed by atoms with Crippen LogP contribution in [0.4, 0.5) is 4.39 Å². The number of rotatable bonds is 6. The van der Waals surface area contributed by atoms with Crippen molar-refractivity contribution in [1.29, 1.82) is 0 Å². The van der Waals surface area contributed by atoms with Crippen LogP contribution in [-0.2, 0) is 4.79 Å². The highest BCUT2D eigenvalue weighted by Gasteiger charge is 2.38. The number of ether oxygens (including phenoxy) is 1. The number of carbonyl (C=O) groups is 2. The molecule has 29 heavy (non-hydrogen) atoms. The predicted octanol–water partition coefficient (Wildman–Crippen LogP) is 3.96. The third-order valence-corrected chi connectivity index (χ3v) is 5.86. The van der Waals surface area contributed by atoms with Gasteiger partial charge in [0.1, 0.15) is 11.6 Å². The van der Waals surface area contributed by atoms with Gasteiger partial charge in [-0.3, -0.25) is 9.59 Å². The number of hydrogen-bond acceptors (Lipinski definition) is 3. The number of aryl methyl sites for hydroxylation is 1. The maximum Gasteiger partial charge on any atom is 0.256 e. The van der Waals surface area contributed by atoms with Crippen molar-refractivity contribution in [3.05, 3.63) is 64.4 Å². The second-order valence-electron chi connectivity index (χ2n) is 7.61. The fraction of sp³-hybridized carbons (Fsp3) is 0.364. The van der Waals surface area contributed by atoms with Crippen molar-refractivity contribution in [2.45, 2.75) is 26.2 Å². The van der Waals surface area contributed by atoms with Gasteiger partial charge in [-0.15, -0.1) is 0 Å². The lowest BCUT2D eigenvalue weighted by Crippen LogP contribution is -2.47. The first kappa shape index (κ1) is 21.1. The molecular weight excluding hydrogens is 395 g/mol. The fourth-order valence-electron chi connectivity index (χ4n) is 3.67. The molecule has 2 N–H and O–H groups in total. The lowest BCUT2D eigenvalue weighted by molar-refractivity contribution is -0.121. The summed E-state index contributed by atoms with van der Waals surface area (Å²) in [6, 6.07) is 11.3. The third-order valence-electron chi connectivity index (χ3n) is 5.44. The number of likely N-dealkylation sites (tertiary alicyclic amines) is 1. The van der Waals surface area contributed by atoms with Crippen molar-refractivity contribution < 1.29 is 18.7 Å². The van der Waals surface area contributed by atoms with Crippen molar-refractivity contribution >= 4 is 23.4 Å². The van der Waals surface area contributed by atoms with Crippen molar-refractivity contribution in [2.75, 3.05) is 19.7 Å². The molecule has 5 nitrogen and oxygen atoms in total. The second kappa shape index (κ2) is 8.82. The Hall–Kier alpha value is -2.60. The van der Waals surface area contributed by atoms with Crippen LogP contribution in [0.1, 0.15) is 35.2 Å². The van der Waals surface area contributed by atoms with E-state index in [9.17, 15) is 14.0 Å². The Morgan fingerprint density at radius 3 is 2.52 bits per heavy atom. The molecule has 1 saturated heterocycles. The minimum absolute atomic E-state index is 0.0581. The van der Waals surface area contributed by atoms with Gasteiger partial charge in [-0.2, -0.15) is 0 Å². The van der Waals surface area contributed by atoms with E-state index in [1.807, 2.05) is 13.0 Å². The van der Waals surface area contributed by atoms with Crippen LogP contribution < -0.4 is 10.5 Å². The molecule has 1 aliphatic heterocycles. The largest absolute Gasteiger partial charge is 0.493 e. The number of halogens is 2. The van der Waals surface area contributed by atoms with Gasteiger partial charge in [0.05, 0.1) is 12.2 Å². The molecule has 1 heterocycles. The normalized spacial score (nSPS) is 15.8. The number of piperidine rings is 1. The summed E-state index contributed by atoms with van der Waals surface area (Å²) in [4.78, 5) is 26.0.